The molecule has 110 valence electrons. The van der Waals surface area contributed by atoms with Gasteiger partial charge in [-0.25, -0.2) is 17.5 Å². The molecule has 5 nitrogen and oxygen atoms in total. The molecule has 1 aliphatic carbocycles. The molecule has 0 aromatic heterocycles. The number of hydrogen-bond acceptors (Lipinski definition) is 4. The first-order chi connectivity index (χ1) is 9.49. The molecule has 7 heteroatoms. The first-order valence-electron chi connectivity index (χ1n) is 6.64. The van der Waals surface area contributed by atoms with E-state index < -0.39 is 21.9 Å². The molecular formula is C13H17FN2O3S. The lowest BCUT2D eigenvalue weighted by molar-refractivity contribution is -0.114. The minimum Gasteiger partial charge on any atom is -0.376 e. The molecule has 2 aliphatic rings. The zero-order valence-electron chi connectivity index (χ0n) is 10.8. The van der Waals surface area contributed by atoms with Gasteiger partial charge in [0.2, 0.25) is 10.0 Å². The van der Waals surface area contributed by atoms with E-state index in [4.69, 9.17) is 10.5 Å². The van der Waals surface area contributed by atoms with Gasteiger partial charge in [-0.05, 0) is 31.0 Å². The largest absolute Gasteiger partial charge is 0.376 e. The van der Waals surface area contributed by atoms with Crippen molar-refractivity contribution in [3.05, 3.63) is 30.1 Å². The van der Waals surface area contributed by atoms with E-state index >= 15 is 0 Å². The summed E-state index contributed by atoms with van der Waals surface area (Å²) in [4.78, 5) is -0.0936. The number of hydrogen-bond donors (Lipinski definition) is 2. The first kappa shape index (κ1) is 13.9. The van der Waals surface area contributed by atoms with Gasteiger partial charge < -0.3 is 10.5 Å². The fourth-order valence-electron chi connectivity index (χ4n) is 2.97. The number of fused-ring (bicyclic) bond motifs is 1. The van der Waals surface area contributed by atoms with Crippen molar-refractivity contribution < 1.29 is 17.5 Å². The third-order valence-corrected chi connectivity index (χ3v) is 5.53. The maximum absolute atomic E-state index is 13.1. The average molecular weight is 300 g/mol. The van der Waals surface area contributed by atoms with Crippen LogP contribution < -0.4 is 10.5 Å². The number of halogens is 1. The molecule has 0 radical (unpaired) electrons. The van der Waals surface area contributed by atoms with E-state index in [1.165, 1.54) is 18.2 Å². The van der Waals surface area contributed by atoms with E-state index in [0.717, 1.165) is 18.9 Å². The number of nitrogens with two attached hydrogens (primary N) is 1. The van der Waals surface area contributed by atoms with Gasteiger partial charge in [0, 0.05) is 18.6 Å². The Bertz CT molecular complexity index is 607. The molecule has 1 saturated carbocycles. The molecule has 4 unspecified atom stereocenters. The van der Waals surface area contributed by atoms with Crippen molar-refractivity contribution in [3.63, 3.8) is 0 Å². The van der Waals surface area contributed by atoms with Crippen molar-refractivity contribution in [2.24, 2.45) is 11.7 Å². The number of rotatable bonds is 3. The third kappa shape index (κ3) is 2.35. The van der Waals surface area contributed by atoms with Crippen LogP contribution in [-0.4, -0.2) is 33.2 Å². The summed E-state index contributed by atoms with van der Waals surface area (Å²) in [6.45, 7) is 0.631. The number of ether oxygens (including phenoxy) is 1. The minimum atomic E-state index is -3.78. The monoisotopic (exact) mass is 300 g/mol. The first-order valence-corrected chi connectivity index (χ1v) is 8.12. The van der Waals surface area contributed by atoms with Gasteiger partial charge in [-0.3, -0.25) is 0 Å². The lowest BCUT2D eigenvalue weighted by atomic mass is 9.69. The summed E-state index contributed by atoms with van der Waals surface area (Å²) in [6, 6.07) is 4.23. The van der Waals surface area contributed by atoms with E-state index in [0.29, 0.717) is 6.61 Å². The molecule has 20 heavy (non-hydrogen) atoms. The maximum atomic E-state index is 13.1. The average Bonchev–Trinajstić information content (AvgIpc) is 2.44. The Morgan fingerprint density at radius 2 is 2.20 bits per heavy atom. The molecular weight excluding hydrogens is 283 g/mol. The summed E-state index contributed by atoms with van der Waals surface area (Å²) in [7, 11) is -3.78. The van der Waals surface area contributed by atoms with Crippen LogP contribution in [0.15, 0.2) is 29.2 Å². The smallest absolute Gasteiger partial charge is 0.241 e. The summed E-state index contributed by atoms with van der Waals surface area (Å²) in [5.41, 5.74) is 6.01. The second-order valence-electron chi connectivity index (χ2n) is 5.32. The number of sulfonamides is 1. The van der Waals surface area contributed by atoms with Crippen LogP contribution in [0.1, 0.15) is 12.8 Å². The van der Waals surface area contributed by atoms with Gasteiger partial charge in [0.05, 0.1) is 17.0 Å². The van der Waals surface area contributed by atoms with E-state index in [-0.39, 0.29) is 23.0 Å². The highest BCUT2D eigenvalue weighted by atomic mass is 32.2. The molecule has 3 rings (SSSR count). The fourth-order valence-corrected chi connectivity index (χ4v) is 4.29. The summed E-state index contributed by atoms with van der Waals surface area (Å²) in [5, 5.41) is 0. The van der Waals surface area contributed by atoms with Crippen LogP contribution >= 0.6 is 0 Å². The highest BCUT2D eigenvalue weighted by Crippen LogP contribution is 2.37. The van der Waals surface area contributed by atoms with Crippen LogP contribution in [0.5, 0.6) is 0 Å². The second-order valence-corrected chi connectivity index (χ2v) is 7.04. The van der Waals surface area contributed by atoms with E-state index in [9.17, 15) is 12.8 Å². The summed E-state index contributed by atoms with van der Waals surface area (Å²) in [5.74, 6) is -0.374. The molecule has 0 bridgehead atoms. The van der Waals surface area contributed by atoms with Crippen LogP contribution in [0.25, 0.3) is 0 Å². The standard InChI is InChI=1S/C13H17FN2O3S/c14-8-3-1-4-9(7-8)20(17,18)16-12-11(15)10-5-2-6-19-13(10)12/h1,3-4,7,10-13,16H,2,5-6,15H2. The van der Waals surface area contributed by atoms with Crippen molar-refractivity contribution in [1.82, 2.24) is 4.72 Å². The van der Waals surface area contributed by atoms with Gasteiger partial charge in [0.1, 0.15) is 5.82 Å². The van der Waals surface area contributed by atoms with Crippen molar-refractivity contribution in [3.8, 4) is 0 Å². The Labute approximate surface area is 117 Å². The molecule has 1 aliphatic heterocycles. The summed E-state index contributed by atoms with van der Waals surface area (Å²) in [6.07, 6.45) is 1.75. The SMILES string of the molecule is NC1C2CCCOC2C1NS(=O)(=O)c1cccc(F)c1. The normalized spacial score (nSPS) is 33.3. The lowest BCUT2D eigenvalue weighted by Crippen LogP contribution is -2.71. The molecule has 1 saturated heterocycles. The van der Waals surface area contributed by atoms with Crippen LogP contribution in [0, 0.1) is 11.7 Å². The van der Waals surface area contributed by atoms with Crippen molar-refractivity contribution >= 4 is 10.0 Å². The molecule has 1 aromatic carbocycles. The van der Waals surface area contributed by atoms with Gasteiger partial charge in [-0.15, -0.1) is 0 Å². The summed E-state index contributed by atoms with van der Waals surface area (Å²) < 4.78 is 45.7. The highest BCUT2D eigenvalue weighted by molar-refractivity contribution is 7.89. The zero-order valence-corrected chi connectivity index (χ0v) is 11.6. The van der Waals surface area contributed by atoms with Crippen molar-refractivity contribution in [2.45, 2.75) is 35.9 Å². The molecule has 1 aromatic rings. The quantitative estimate of drug-likeness (QED) is 0.857. The van der Waals surface area contributed by atoms with Gasteiger partial charge in [0.25, 0.3) is 0 Å². The Hall–Kier alpha value is -1.02. The lowest BCUT2D eigenvalue weighted by Gasteiger charge is -2.52. The molecule has 3 N–H and O–H groups in total. The maximum Gasteiger partial charge on any atom is 0.241 e. The molecule has 0 spiro atoms. The van der Waals surface area contributed by atoms with Crippen molar-refractivity contribution in [1.29, 1.82) is 0 Å². The Balaban J connectivity index is 1.77. The molecule has 0 amide bonds. The zero-order chi connectivity index (χ0) is 14.3. The van der Waals surface area contributed by atoms with Gasteiger partial charge >= 0.3 is 0 Å². The predicted octanol–water partition coefficient (Wildman–Crippen LogP) is 0.609. The predicted molar refractivity (Wildman–Crippen MR) is 70.9 cm³/mol. The van der Waals surface area contributed by atoms with Gasteiger partial charge in [0.15, 0.2) is 0 Å². The van der Waals surface area contributed by atoms with Crippen LogP contribution in [0.2, 0.25) is 0 Å². The number of nitrogens with one attached hydrogen (secondary N) is 1. The van der Waals surface area contributed by atoms with Crippen LogP contribution in [-0.2, 0) is 14.8 Å². The van der Waals surface area contributed by atoms with E-state index in [1.807, 2.05) is 0 Å². The van der Waals surface area contributed by atoms with Crippen molar-refractivity contribution in [2.75, 3.05) is 6.61 Å². The highest BCUT2D eigenvalue weighted by Gasteiger charge is 2.51. The number of benzene rings is 1. The Kier molecular flexibility index (Phi) is 3.53. The van der Waals surface area contributed by atoms with E-state index in [1.54, 1.807) is 0 Å². The van der Waals surface area contributed by atoms with Gasteiger partial charge in [-0.2, -0.15) is 0 Å². The van der Waals surface area contributed by atoms with Crippen LogP contribution in [0.3, 0.4) is 0 Å². The topological polar surface area (TPSA) is 81.4 Å². The Morgan fingerprint density at radius 1 is 1.40 bits per heavy atom. The molecule has 4 atom stereocenters. The summed E-state index contributed by atoms with van der Waals surface area (Å²) >= 11 is 0. The molecule has 1 heterocycles. The second kappa shape index (κ2) is 5.07. The third-order valence-electron chi connectivity index (χ3n) is 4.07. The van der Waals surface area contributed by atoms with Crippen LogP contribution in [0.4, 0.5) is 4.39 Å². The van der Waals surface area contributed by atoms with E-state index in [2.05, 4.69) is 4.72 Å². The minimum absolute atomic E-state index is 0.0936. The fraction of sp³-hybridized carbons (Fsp3) is 0.538. The van der Waals surface area contributed by atoms with Gasteiger partial charge in [-0.1, -0.05) is 6.07 Å². The molecule has 2 fully saturated rings. The Morgan fingerprint density at radius 3 is 2.95 bits per heavy atom.